The van der Waals surface area contributed by atoms with Gasteiger partial charge in [0.1, 0.15) is 0 Å². The molecule has 2 amide bonds. The molecule has 3 aliphatic carbocycles. The maximum Gasteiger partial charge on any atom is 0.317 e. The summed E-state index contributed by atoms with van der Waals surface area (Å²) in [5.41, 5.74) is 0. The number of hydrogen-bond donors (Lipinski definition) is 2. The zero-order valence-corrected chi connectivity index (χ0v) is 23.9. The van der Waals surface area contributed by atoms with E-state index in [0.717, 1.165) is 58.2 Å². The summed E-state index contributed by atoms with van der Waals surface area (Å²) < 4.78 is 5.52. The van der Waals surface area contributed by atoms with Crippen LogP contribution in [0.4, 0.5) is 4.79 Å². The van der Waals surface area contributed by atoms with Crippen molar-refractivity contribution in [3.63, 3.8) is 0 Å². The highest BCUT2D eigenvalue weighted by atomic mass is 16.5. The van der Waals surface area contributed by atoms with Crippen LogP contribution in [0.3, 0.4) is 0 Å². The van der Waals surface area contributed by atoms with E-state index in [1.165, 1.54) is 64.2 Å². The highest BCUT2D eigenvalue weighted by molar-refractivity contribution is 5.74. The minimum atomic E-state index is 0.126. The van der Waals surface area contributed by atoms with Crippen molar-refractivity contribution in [3.8, 4) is 11.8 Å². The van der Waals surface area contributed by atoms with Crippen molar-refractivity contribution in [1.29, 1.82) is 0 Å². The van der Waals surface area contributed by atoms with E-state index in [0.29, 0.717) is 35.8 Å². The number of carbonyl (C=O) groups excluding carboxylic acids is 1. The molecular weight excluding hydrogens is 474 g/mol. The van der Waals surface area contributed by atoms with Gasteiger partial charge in [-0.05, 0) is 95.4 Å². The van der Waals surface area contributed by atoms with Crippen molar-refractivity contribution in [2.24, 2.45) is 23.7 Å². The first kappa shape index (κ1) is 28.2. The molecule has 0 aromatic heterocycles. The van der Waals surface area contributed by atoms with Gasteiger partial charge in [-0.2, -0.15) is 0 Å². The molecule has 5 rings (SSSR count). The molecule has 3 saturated carbocycles. The molecule has 0 unspecified atom stereocenters. The Hall–Kier alpha value is -1.29. The number of fused-ring (bicyclic) bond motifs is 1. The molecule has 5 fully saturated rings. The van der Waals surface area contributed by atoms with Crippen LogP contribution in [-0.2, 0) is 4.74 Å². The first-order chi connectivity index (χ1) is 18.7. The van der Waals surface area contributed by atoms with Gasteiger partial charge in [0.05, 0.1) is 12.7 Å². The Bertz CT molecular complexity index is 803. The second kappa shape index (κ2) is 13.9. The third kappa shape index (κ3) is 6.88. The van der Waals surface area contributed by atoms with Crippen molar-refractivity contribution in [2.75, 3.05) is 33.4 Å². The topological polar surface area (TPSA) is 65.0 Å². The third-order valence-electron chi connectivity index (χ3n) is 10.7. The summed E-state index contributed by atoms with van der Waals surface area (Å²) in [6, 6.07) is 1.04. The van der Waals surface area contributed by atoms with Crippen LogP contribution in [0, 0.1) is 35.5 Å². The number of aliphatic hydroxyl groups is 1. The van der Waals surface area contributed by atoms with Crippen LogP contribution >= 0.6 is 0 Å². The number of methoxy groups -OCH3 is 1. The van der Waals surface area contributed by atoms with Crippen LogP contribution in [0.15, 0.2) is 0 Å². The average Bonchev–Trinajstić information content (AvgIpc) is 3.04. The SMILES string of the molecule is COC1CCC(NC(=O)N2CCCCCN3[C@H](CO)[C@H](C4CCC(C#CC5CCCCC5)CC4)[C@@H]3C2)CC1. The van der Waals surface area contributed by atoms with Gasteiger partial charge in [-0.3, -0.25) is 4.90 Å². The van der Waals surface area contributed by atoms with E-state index in [-0.39, 0.29) is 24.7 Å². The van der Waals surface area contributed by atoms with Crippen LogP contribution in [0.25, 0.3) is 0 Å². The molecule has 5 aliphatic rings. The molecule has 214 valence electrons. The molecular formula is C32H53N3O3. The van der Waals surface area contributed by atoms with E-state index in [4.69, 9.17) is 4.74 Å². The van der Waals surface area contributed by atoms with E-state index in [1.807, 2.05) is 0 Å². The Morgan fingerprint density at radius 3 is 2.18 bits per heavy atom. The van der Waals surface area contributed by atoms with Gasteiger partial charge in [0.25, 0.3) is 0 Å². The highest BCUT2D eigenvalue weighted by Crippen LogP contribution is 2.45. The Kier molecular flexibility index (Phi) is 10.3. The first-order valence-electron chi connectivity index (χ1n) is 16.1. The Morgan fingerprint density at radius 2 is 1.50 bits per heavy atom. The zero-order valence-electron chi connectivity index (χ0n) is 23.9. The second-order valence-corrected chi connectivity index (χ2v) is 13.0. The number of nitrogens with zero attached hydrogens (tertiary/aromatic N) is 2. The van der Waals surface area contributed by atoms with Crippen molar-refractivity contribution in [2.45, 2.75) is 127 Å². The molecule has 6 nitrogen and oxygen atoms in total. The molecule has 38 heavy (non-hydrogen) atoms. The van der Waals surface area contributed by atoms with Gasteiger partial charge in [0.2, 0.25) is 0 Å². The summed E-state index contributed by atoms with van der Waals surface area (Å²) in [6.07, 6.45) is 19.4. The fourth-order valence-electron chi connectivity index (χ4n) is 8.37. The van der Waals surface area contributed by atoms with Crippen molar-refractivity contribution >= 4 is 6.03 Å². The summed E-state index contributed by atoms with van der Waals surface area (Å²) in [5, 5.41) is 13.8. The van der Waals surface area contributed by atoms with E-state index in [2.05, 4.69) is 27.0 Å². The van der Waals surface area contributed by atoms with E-state index in [9.17, 15) is 9.90 Å². The minimum absolute atomic E-state index is 0.126. The van der Waals surface area contributed by atoms with Gasteiger partial charge in [-0.1, -0.05) is 37.5 Å². The number of aliphatic hydroxyl groups excluding tert-OH is 1. The highest BCUT2D eigenvalue weighted by Gasteiger charge is 2.52. The number of carbonyl (C=O) groups is 1. The monoisotopic (exact) mass is 527 g/mol. The summed E-state index contributed by atoms with van der Waals surface area (Å²) in [6.45, 7) is 2.97. The summed E-state index contributed by atoms with van der Waals surface area (Å²) in [5.74, 6) is 9.69. The zero-order chi connectivity index (χ0) is 26.3. The van der Waals surface area contributed by atoms with Crippen LogP contribution in [0.2, 0.25) is 0 Å². The second-order valence-electron chi connectivity index (χ2n) is 13.0. The molecule has 6 heteroatoms. The largest absolute Gasteiger partial charge is 0.395 e. The maximum atomic E-state index is 13.5. The van der Waals surface area contributed by atoms with Crippen molar-refractivity contribution in [3.05, 3.63) is 0 Å². The van der Waals surface area contributed by atoms with Crippen LogP contribution in [0.1, 0.15) is 103 Å². The summed E-state index contributed by atoms with van der Waals surface area (Å²) in [4.78, 5) is 18.1. The van der Waals surface area contributed by atoms with Gasteiger partial charge in [-0.15, -0.1) is 0 Å². The van der Waals surface area contributed by atoms with E-state index >= 15 is 0 Å². The molecule has 2 aliphatic heterocycles. The molecule has 0 spiro atoms. The molecule has 0 aromatic carbocycles. The number of nitrogens with one attached hydrogen (secondary N) is 1. The summed E-state index contributed by atoms with van der Waals surface area (Å²) >= 11 is 0. The average molecular weight is 528 g/mol. The lowest BCUT2D eigenvalue weighted by Crippen LogP contribution is -2.70. The van der Waals surface area contributed by atoms with Gasteiger partial charge in [-0.25, -0.2) is 4.79 Å². The van der Waals surface area contributed by atoms with Crippen LogP contribution < -0.4 is 5.32 Å². The lowest BCUT2D eigenvalue weighted by molar-refractivity contribution is -0.117. The van der Waals surface area contributed by atoms with Gasteiger partial charge in [0.15, 0.2) is 0 Å². The van der Waals surface area contributed by atoms with Crippen molar-refractivity contribution in [1.82, 2.24) is 15.1 Å². The minimum Gasteiger partial charge on any atom is -0.395 e. The number of ether oxygens (including phenoxy) is 1. The fraction of sp³-hybridized carbons (Fsp3) is 0.906. The van der Waals surface area contributed by atoms with E-state index in [1.54, 1.807) is 7.11 Å². The normalized spacial score (nSPS) is 37.4. The Morgan fingerprint density at radius 1 is 0.842 bits per heavy atom. The van der Waals surface area contributed by atoms with E-state index < -0.39 is 0 Å². The van der Waals surface area contributed by atoms with Gasteiger partial charge in [0, 0.05) is 50.2 Å². The molecule has 2 heterocycles. The standard InChI is InChI=1S/C32H53N3O3/c1-38-28-18-16-27(17-19-28)33-32(37)34-20-6-3-7-21-35-29(22-34)31(30(35)23-36)26-14-12-25(13-15-26)11-10-24-8-4-2-5-9-24/h24-31,36H,2-9,12-23H2,1H3,(H,33,37)/t25?,26?,27?,28?,29-,30+,31+/m0/s1. The third-order valence-corrected chi connectivity index (χ3v) is 10.7. The van der Waals surface area contributed by atoms with Crippen LogP contribution in [0.5, 0.6) is 0 Å². The molecule has 2 saturated heterocycles. The fourth-order valence-corrected chi connectivity index (χ4v) is 8.37. The molecule has 0 radical (unpaired) electrons. The number of amides is 2. The van der Waals surface area contributed by atoms with Gasteiger partial charge < -0.3 is 20.1 Å². The molecule has 2 N–H and O–H groups in total. The predicted molar refractivity (Wildman–Crippen MR) is 152 cm³/mol. The quantitative estimate of drug-likeness (QED) is 0.494. The number of hydrogen-bond acceptors (Lipinski definition) is 4. The van der Waals surface area contributed by atoms with Crippen LogP contribution in [-0.4, -0.2) is 78.5 Å². The number of rotatable bonds is 4. The lowest BCUT2D eigenvalue weighted by atomic mass is 9.65. The smallest absolute Gasteiger partial charge is 0.317 e. The Labute approximate surface area is 231 Å². The lowest BCUT2D eigenvalue weighted by Gasteiger charge is -2.59. The summed E-state index contributed by atoms with van der Waals surface area (Å²) in [7, 11) is 1.80. The predicted octanol–water partition coefficient (Wildman–Crippen LogP) is 5.19. The maximum absolute atomic E-state index is 13.5. The molecule has 0 bridgehead atoms. The number of urea groups is 1. The first-order valence-corrected chi connectivity index (χ1v) is 16.1. The molecule has 3 atom stereocenters. The Balaban J connectivity index is 1.18. The van der Waals surface area contributed by atoms with Gasteiger partial charge >= 0.3 is 6.03 Å². The van der Waals surface area contributed by atoms with Crippen molar-refractivity contribution < 1.29 is 14.6 Å². The molecule has 0 aromatic rings.